The first kappa shape index (κ1) is 17.8. The average Bonchev–Trinajstić information content (AvgIpc) is 3.12. The van der Waals surface area contributed by atoms with Gasteiger partial charge in [0.05, 0.1) is 6.61 Å². The Kier molecular flexibility index (Phi) is 9.06. The first-order valence-electron chi connectivity index (χ1n) is 7.61. The van der Waals surface area contributed by atoms with Gasteiger partial charge in [-0.25, -0.2) is 0 Å². The highest BCUT2D eigenvalue weighted by molar-refractivity contribution is 8.05. The Morgan fingerprint density at radius 2 is 1.74 bits per heavy atom. The standard InChI is InChI=1S/C14H27Cl2O2P/c1-13(8-9-14-10-11-14)7-5-3-2-4-6-12-18-19(15,16)17/h13-14H,2-12H2,1H3. The molecule has 1 unspecified atom stereocenters. The fourth-order valence-corrected chi connectivity index (χ4v) is 3.12. The largest absolute Gasteiger partial charge is 0.380 e. The molecule has 1 atom stereocenters. The Bertz CT molecular complexity index is 277. The molecule has 0 bridgehead atoms. The molecule has 1 rings (SSSR count). The predicted octanol–water partition coefficient (Wildman–Crippen LogP) is 6.76. The second-order valence-corrected chi connectivity index (χ2v) is 10.2. The van der Waals surface area contributed by atoms with Crippen molar-refractivity contribution in [3.05, 3.63) is 0 Å². The maximum absolute atomic E-state index is 10.8. The fourth-order valence-electron chi connectivity index (χ4n) is 2.37. The lowest BCUT2D eigenvalue weighted by molar-refractivity contribution is 0.319. The van der Waals surface area contributed by atoms with Crippen LogP contribution < -0.4 is 0 Å². The van der Waals surface area contributed by atoms with E-state index in [0.717, 1.165) is 24.7 Å². The molecule has 0 heterocycles. The quantitative estimate of drug-likeness (QED) is 0.292. The van der Waals surface area contributed by atoms with Crippen molar-refractivity contribution in [2.45, 2.75) is 71.1 Å². The highest BCUT2D eigenvalue weighted by atomic mass is 35.9. The molecule has 0 aromatic heterocycles. The molecule has 2 nitrogen and oxygen atoms in total. The van der Waals surface area contributed by atoms with Gasteiger partial charge >= 0.3 is 6.07 Å². The molecular formula is C14H27Cl2O2P. The highest BCUT2D eigenvalue weighted by Gasteiger charge is 2.21. The van der Waals surface area contributed by atoms with Crippen LogP contribution in [0.25, 0.3) is 0 Å². The minimum Gasteiger partial charge on any atom is -0.306 e. The van der Waals surface area contributed by atoms with Crippen LogP contribution >= 0.6 is 28.6 Å². The maximum atomic E-state index is 10.8. The summed E-state index contributed by atoms with van der Waals surface area (Å²) in [7, 11) is 0. The van der Waals surface area contributed by atoms with Crippen LogP contribution in [0.1, 0.15) is 71.1 Å². The SMILES string of the molecule is CC(CCCCCCCOP(=O)(Cl)Cl)CCC1CC1. The van der Waals surface area contributed by atoms with E-state index in [4.69, 9.17) is 27.0 Å². The van der Waals surface area contributed by atoms with Crippen molar-refractivity contribution in [1.82, 2.24) is 0 Å². The van der Waals surface area contributed by atoms with Crippen LogP contribution in [0.5, 0.6) is 0 Å². The van der Waals surface area contributed by atoms with Crippen LogP contribution in [0.15, 0.2) is 0 Å². The minimum absolute atomic E-state index is 0.405. The van der Waals surface area contributed by atoms with Gasteiger partial charge in [0, 0.05) is 0 Å². The summed E-state index contributed by atoms with van der Waals surface area (Å²) >= 11 is 10.6. The van der Waals surface area contributed by atoms with Gasteiger partial charge in [0.2, 0.25) is 0 Å². The van der Waals surface area contributed by atoms with E-state index in [-0.39, 0.29) is 0 Å². The van der Waals surface area contributed by atoms with E-state index in [1.807, 2.05) is 0 Å². The third-order valence-corrected chi connectivity index (χ3v) is 4.92. The summed E-state index contributed by atoms with van der Waals surface area (Å²) in [6.07, 6.45) is 9.70. The third-order valence-electron chi connectivity index (χ3n) is 3.85. The van der Waals surface area contributed by atoms with Gasteiger partial charge in [-0.1, -0.05) is 64.7 Å². The van der Waals surface area contributed by atoms with Crippen LogP contribution in [0.4, 0.5) is 0 Å². The molecule has 19 heavy (non-hydrogen) atoms. The lowest BCUT2D eigenvalue weighted by atomic mass is 9.96. The molecule has 0 spiro atoms. The Balaban J connectivity index is 1.78. The van der Waals surface area contributed by atoms with E-state index in [0.29, 0.717) is 6.61 Å². The average molecular weight is 329 g/mol. The Labute approximate surface area is 127 Å². The number of rotatable bonds is 12. The second-order valence-electron chi connectivity index (χ2n) is 5.93. The van der Waals surface area contributed by atoms with Crippen molar-refractivity contribution in [2.24, 2.45) is 11.8 Å². The summed E-state index contributed by atoms with van der Waals surface area (Å²) in [5.41, 5.74) is 0. The lowest BCUT2D eigenvalue weighted by Gasteiger charge is -2.10. The van der Waals surface area contributed by atoms with E-state index >= 15 is 0 Å². The van der Waals surface area contributed by atoms with Gasteiger partial charge < -0.3 is 4.52 Å². The van der Waals surface area contributed by atoms with Crippen molar-refractivity contribution < 1.29 is 9.09 Å². The van der Waals surface area contributed by atoms with Gasteiger partial charge in [-0.15, -0.1) is 0 Å². The summed E-state index contributed by atoms with van der Waals surface area (Å²) in [5, 5.41) is 0. The van der Waals surface area contributed by atoms with Crippen molar-refractivity contribution in [1.29, 1.82) is 0 Å². The molecule has 0 saturated heterocycles. The van der Waals surface area contributed by atoms with Crippen molar-refractivity contribution in [3.8, 4) is 0 Å². The van der Waals surface area contributed by atoms with Crippen LogP contribution in [-0.4, -0.2) is 6.61 Å². The molecule has 1 fully saturated rings. The summed E-state index contributed by atoms with van der Waals surface area (Å²) in [6.45, 7) is 2.79. The first-order chi connectivity index (χ1) is 8.97. The van der Waals surface area contributed by atoms with E-state index in [2.05, 4.69) is 6.92 Å². The van der Waals surface area contributed by atoms with Gasteiger partial charge in [-0.05, 0) is 40.7 Å². The van der Waals surface area contributed by atoms with Crippen molar-refractivity contribution in [2.75, 3.05) is 6.61 Å². The van der Waals surface area contributed by atoms with Crippen molar-refractivity contribution in [3.63, 3.8) is 0 Å². The smallest absolute Gasteiger partial charge is 0.306 e. The zero-order chi connectivity index (χ0) is 14.1. The van der Waals surface area contributed by atoms with E-state index in [9.17, 15) is 4.57 Å². The van der Waals surface area contributed by atoms with Crippen LogP contribution in [0, 0.1) is 11.8 Å². The molecular weight excluding hydrogens is 302 g/mol. The fraction of sp³-hybridized carbons (Fsp3) is 1.00. The predicted molar refractivity (Wildman–Crippen MR) is 84.1 cm³/mol. The summed E-state index contributed by atoms with van der Waals surface area (Å²) in [6, 6.07) is 0. The zero-order valence-corrected chi connectivity index (χ0v) is 14.4. The van der Waals surface area contributed by atoms with E-state index < -0.39 is 6.07 Å². The molecule has 1 aliphatic rings. The Morgan fingerprint density at radius 1 is 1.11 bits per heavy atom. The number of hydrogen-bond acceptors (Lipinski definition) is 2. The molecule has 0 radical (unpaired) electrons. The van der Waals surface area contributed by atoms with Crippen LogP contribution in [-0.2, 0) is 9.09 Å². The Hall–Kier alpha value is 0.770. The lowest BCUT2D eigenvalue weighted by Crippen LogP contribution is -1.95. The van der Waals surface area contributed by atoms with Gasteiger partial charge in [-0.2, -0.15) is 0 Å². The monoisotopic (exact) mass is 328 g/mol. The van der Waals surface area contributed by atoms with Gasteiger partial charge in [0.25, 0.3) is 0 Å². The molecule has 5 heteroatoms. The normalized spacial score (nSPS) is 17.6. The number of unbranched alkanes of at least 4 members (excludes halogenated alkanes) is 4. The molecule has 0 aromatic carbocycles. The summed E-state index contributed by atoms with van der Waals surface area (Å²) < 4.78 is 15.7. The van der Waals surface area contributed by atoms with E-state index in [1.165, 1.54) is 51.4 Å². The highest BCUT2D eigenvalue weighted by Crippen LogP contribution is 2.57. The number of halogens is 2. The molecule has 0 N–H and O–H groups in total. The molecule has 114 valence electrons. The summed E-state index contributed by atoms with van der Waals surface area (Å²) in [5.74, 6) is 1.96. The number of hydrogen-bond donors (Lipinski definition) is 0. The van der Waals surface area contributed by atoms with E-state index in [1.54, 1.807) is 0 Å². The van der Waals surface area contributed by atoms with Gasteiger partial charge in [0.1, 0.15) is 0 Å². The molecule has 0 aliphatic heterocycles. The van der Waals surface area contributed by atoms with Gasteiger partial charge in [0.15, 0.2) is 0 Å². The third kappa shape index (κ3) is 12.2. The van der Waals surface area contributed by atoms with Gasteiger partial charge in [-0.3, -0.25) is 4.57 Å². The first-order valence-corrected chi connectivity index (χ1v) is 11.0. The molecule has 0 amide bonds. The summed E-state index contributed by atoms with van der Waals surface area (Å²) in [4.78, 5) is 0. The maximum Gasteiger partial charge on any atom is 0.380 e. The van der Waals surface area contributed by atoms with Crippen LogP contribution in [0.2, 0.25) is 0 Å². The molecule has 1 saturated carbocycles. The van der Waals surface area contributed by atoms with Crippen LogP contribution in [0.3, 0.4) is 0 Å². The topological polar surface area (TPSA) is 26.3 Å². The molecule has 1 aliphatic carbocycles. The minimum atomic E-state index is -3.31. The Morgan fingerprint density at radius 3 is 2.37 bits per heavy atom. The molecule has 0 aromatic rings. The second kappa shape index (κ2) is 9.66. The van der Waals surface area contributed by atoms with Crippen molar-refractivity contribution >= 4 is 28.6 Å². The zero-order valence-electron chi connectivity index (χ0n) is 12.0.